The van der Waals surface area contributed by atoms with Crippen LogP contribution in [0.15, 0.2) is 42.5 Å². The molecule has 3 rings (SSSR count). The summed E-state index contributed by atoms with van der Waals surface area (Å²) in [6.07, 6.45) is 1.85. The van der Waals surface area contributed by atoms with Crippen molar-refractivity contribution in [2.75, 3.05) is 7.11 Å². The van der Waals surface area contributed by atoms with Crippen LogP contribution in [0.25, 0.3) is 21.9 Å². The van der Waals surface area contributed by atoms with Crippen molar-refractivity contribution >= 4 is 10.8 Å². The first-order valence-corrected chi connectivity index (χ1v) is 8.74. The molecular weight excluding hydrogens is 320 g/mol. The molecule has 0 aliphatic carbocycles. The van der Waals surface area contributed by atoms with Crippen LogP contribution in [0.5, 0.6) is 5.75 Å². The summed E-state index contributed by atoms with van der Waals surface area (Å²) < 4.78 is 5.55. The monoisotopic (exact) mass is 340 g/mol. The highest BCUT2D eigenvalue weighted by atomic mass is 16.5. The molecule has 0 saturated heterocycles. The Kier molecular flexibility index (Phi) is 4.92. The molecular formula is C23H20N2O. The Bertz CT molecular complexity index is 1050. The van der Waals surface area contributed by atoms with E-state index in [9.17, 15) is 10.5 Å². The van der Waals surface area contributed by atoms with Gasteiger partial charge in [0.1, 0.15) is 23.5 Å². The molecule has 128 valence electrons. The number of nitriles is 2. The lowest BCUT2D eigenvalue weighted by Crippen LogP contribution is -1.99. The van der Waals surface area contributed by atoms with E-state index in [4.69, 9.17) is 4.74 Å². The highest BCUT2D eigenvalue weighted by Crippen LogP contribution is 2.41. The van der Waals surface area contributed by atoms with Crippen molar-refractivity contribution in [1.82, 2.24) is 0 Å². The van der Waals surface area contributed by atoms with Crippen LogP contribution < -0.4 is 4.74 Å². The van der Waals surface area contributed by atoms with Gasteiger partial charge in [-0.2, -0.15) is 10.5 Å². The van der Waals surface area contributed by atoms with Crippen LogP contribution in [0.1, 0.15) is 36.1 Å². The Balaban J connectivity index is 2.47. The van der Waals surface area contributed by atoms with Gasteiger partial charge in [-0.3, -0.25) is 0 Å². The van der Waals surface area contributed by atoms with Crippen molar-refractivity contribution in [3.63, 3.8) is 0 Å². The van der Waals surface area contributed by atoms with Crippen LogP contribution in [0.2, 0.25) is 0 Å². The van der Waals surface area contributed by atoms with Gasteiger partial charge in [-0.1, -0.05) is 50.2 Å². The van der Waals surface area contributed by atoms with Crippen LogP contribution in [0.3, 0.4) is 0 Å². The fourth-order valence-electron chi connectivity index (χ4n) is 3.36. The number of hydrogen-bond donors (Lipinski definition) is 0. The van der Waals surface area contributed by atoms with Crippen molar-refractivity contribution in [3.8, 4) is 29.0 Å². The molecule has 0 saturated carbocycles. The summed E-state index contributed by atoms with van der Waals surface area (Å²) in [5, 5.41) is 21.3. The zero-order valence-electron chi connectivity index (χ0n) is 15.3. The molecule has 0 spiro atoms. The lowest BCUT2D eigenvalue weighted by atomic mass is 9.88. The summed E-state index contributed by atoms with van der Waals surface area (Å²) in [4.78, 5) is 0. The summed E-state index contributed by atoms with van der Waals surface area (Å²) >= 11 is 0. The number of nitrogens with zero attached hydrogens (tertiary/aromatic N) is 2. The van der Waals surface area contributed by atoms with Crippen molar-refractivity contribution in [2.24, 2.45) is 0 Å². The number of hydrogen-bond acceptors (Lipinski definition) is 3. The highest BCUT2D eigenvalue weighted by molar-refractivity contribution is 6.05. The minimum absolute atomic E-state index is 0.297. The van der Waals surface area contributed by atoms with Crippen molar-refractivity contribution in [1.29, 1.82) is 10.5 Å². The highest BCUT2D eigenvalue weighted by Gasteiger charge is 2.21. The van der Waals surface area contributed by atoms with E-state index in [1.54, 1.807) is 7.11 Å². The predicted molar refractivity (Wildman–Crippen MR) is 104 cm³/mol. The molecule has 0 N–H and O–H groups in total. The normalized spacial score (nSPS) is 10.3. The largest absolute Gasteiger partial charge is 0.495 e. The SMILES string of the molecule is CCc1ccc(-c2c(C#N)c(C#N)c(OC)c3cc(CC)ccc23)cc1. The van der Waals surface area contributed by atoms with Gasteiger partial charge in [0.25, 0.3) is 0 Å². The molecule has 0 fully saturated rings. The third kappa shape index (κ3) is 2.79. The molecule has 0 amide bonds. The Hall–Kier alpha value is -3.30. The molecule has 0 radical (unpaired) electrons. The fraction of sp³-hybridized carbons (Fsp3) is 0.217. The molecule has 0 aliphatic rings. The molecule has 3 heteroatoms. The molecule has 0 aromatic heterocycles. The third-order valence-corrected chi connectivity index (χ3v) is 4.81. The molecule has 3 aromatic carbocycles. The van der Waals surface area contributed by atoms with E-state index in [0.29, 0.717) is 16.9 Å². The molecule has 26 heavy (non-hydrogen) atoms. The zero-order valence-corrected chi connectivity index (χ0v) is 15.3. The fourth-order valence-corrected chi connectivity index (χ4v) is 3.36. The van der Waals surface area contributed by atoms with Gasteiger partial charge in [0, 0.05) is 10.9 Å². The maximum Gasteiger partial charge on any atom is 0.145 e. The summed E-state index contributed by atoms with van der Waals surface area (Å²) in [6, 6.07) is 18.8. The Morgan fingerprint density at radius 1 is 0.808 bits per heavy atom. The van der Waals surface area contributed by atoms with Crippen LogP contribution in [-0.4, -0.2) is 7.11 Å². The number of ether oxygens (including phenoxy) is 1. The Labute approximate surface area is 154 Å². The minimum Gasteiger partial charge on any atom is -0.495 e. The first-order chi connectivity index (χ1) is 12.7. The average molecular weight is 340 g/mol. The molecule has 0 aliphatic heterocycles. The number of aryl methyl sites for hydroxylation is 2. The molecule has 3 nitrogen and oxygen atoms in total. The van der Waals surface area contributed by atoms with Gasteiger partial charge in [-0.05, 0) is 41.0 Å². The van der Waals surface area contributed by atoms with E-state index in [1.807, 2.05) is 18.2 Å². The quantitative estimate of drug-likeness (QED) is 0.640. The molecule has 0 heterocycles. The Morgan fingerprint density at radius 2 is 1.42 bits per heavy atom. The molecule has 3 aromatic rings. The van der Waals surface area contributed by atoms with Crippen molar-refractivity contribution in [2.45, 2.75) is 26.7 Å². The van der Waals surface area contributed by atoms with Gasteiger partial charge >= 0.3 is 0 Å². The summed E-state index contributed by atoms with van der Waals surface area (Å²) in [7, 11) is 1.55. The maximum absolute atomic E-state index is 9.82. The lowest BCUT2D eigenvalue weighted by molar-refractivity contribution is 0.418. The molecule has 0 atom stereocenters. The van der Waals surface area contributed by atoms with E-state index in [0.717, 1.165) is 40.3 Å². The van der Waals surface area contributed by atoms with Crippen molar-refractivity contribution in [3.05, 3.63) is 64.7 Å². The summed E-state index contributed by atoms with van der Waals surface area (Å²) in [5.74, 6) is 0.475. The standard InChI is InChI=1S/C23H20N2O/c1-4-15-6-9-17(10-7-15)22-18-11-8-16(5-2)12-19(18)23(26-3)21(14-25)20(22)13-24/h6-12H,4-5H2,1-3H3. The smallest absolute Gasteiger partial charge is 0.145 e. The first-order valence-electron chi connectivity index (χ1n) is 8.74. The van der Waals surface area contributed by atoms with Crippen LogP contribution in [0.4, 0.5) is 0 Å². The minimum atomic E-state index is 0.297. The predicted octanol–water partition coefficient (Wildman–Crippen LogP) is 5.38. The van der Waals surface area contributed by atoms with Gasteiger partial charge in [0.05, 0.1) is 12.7 Å². The van der Waals surface area contributed by atoms with Gasteiger partial charge in [0.15, 0.2) is 0 Å². The first kappa shape index (κ1) is 17.5. The number of methoxy groups -OCH3 is 1. The number of fused-ring (bicyclic) bond motifs is 1. The second kappa shape index (κ2) is 7.30. The van der Waals surface area contributed by atoms with Crippen molar-refractivity contribution < 1.29 is 4.74 Å². The van der Waals surface area contributed by atoms with E-state index in [1.165, 1.54) is 5.56 Å². The zero-order chi connectivity index (χ0) is 18.7. The summed E-state index contributed by atoms with van der Waals surface area (Å²) in [5.41, 5.74) is 4.79. The van der Waals surface area contributed by atoms with E-state index >= 15 is 0 Å². The van der Waals surface area contributed by atoms with Gasteiger partial charge in [0.2, 0.25) is 0 Å². The Morgan fingerprint density at radius 3 is 1.96 bits per heavy atom. The van der Waals surface area contributed by atoms with Gasteiger partial charge < -0.3 is 4.74 Å². The maximum atomic E-state index is 9.82. The van der Waals surface area contributed by atoms with Crippen LogP contribution in [0, 0.1) is 22.7 Å². The van der Waals surface area contributed by atoms with Crippen LogP contribution in [-0.2, 0) is 12.8 Å². The van der Waals surface area contributed by atoms with E-state index in [2.05, 4.69) is 50.3 Å². The second-order valence-corrected chi connectivity index (χ2v) is 6.17. The van der Waals surface area contributed by atoms with Gasteiger partial charge in [-0.25, -0.2) is 0 Å². The summed E-state index contributed by atoms with van der Waals surface area (Å²) in [6.45, 7) is 4.20. The van der Waals surface area contributed by atoms with E-state index in [-0.39, 0.29) is 0 Å². The number of rotatable bonds is 4. The number of benzene rings is 3. The van der Waals surface area contributed by atoms with Gasteiger partial charge in [-0.15, -0.1) is 0 Å². The molecule has 0 unspecified atom stereocenters. The molecule has 0 bridgehead atoms. The average Bonchev–Trinajstić information content (AvgIpc) is 2.71. The second-order valence-electron chi connectivity index (χ2n) is 6.17. The van der Waals surface area contributed by atoms with E-state index < -0.39 is 0 Å². The lowest BCUT2D eigenvalue weighted by Gasteiger charge is -2.16. The third-order valence-electron chi connectivity index (χ3n) is 4.81. The van der Waals surface area contributed by atoms with Crippen LogP contribution >= 0.6 is 0 Å². The topological polar surface area (TPSA) is 56.8 Å².